The lowest BCUT2D eigenvalue weighted by Gasteiger charge is -2.11. The molecule has 0 aliphatic rings. The fourth-order valence-electron chi connectivity index (χ4n) is 3.15. The molecule has 0 radical (unpaired) electrons. The van der Waals surface area contributed by atoms with E-state index in [1.165, 1.54) is 43.8 Å². The molecule has 11 heteroatoms. The first-order valence-corrected chi connectivity index (χ1v) is 10.6. The molecule has 0 aliphatic heterocycles. The molecule has 3 rings (SSSR count). The molecule has 0 amide bonds. The number of halogens is 2. The standard InChI is InChI=1S/C22H22ClFN4O5/c1-32-21(29)6-4-2-3-5-9-33-20-12-18-15(11-19(20)28(30)31)22(26-13-25-18)27-14-7-8-17(24)16(23)10-14/h7-8,10-13H,2-6,9H2,1H3,(H,25,26,27). The third kappa shape index (κ3) is 6.48. The molecule has 9 nitrogen and oxygen atoms in total. The van der Waals surface area contributed by atoms with E-state index >= 15 is 0 Å². The lowest BCUT2D eigenvalue weighted by Crippen LogP contribution is -2.03. The smallest absolute Gasteiger partial charge is 0.311 e. The average molecular weight is 477 g/mol. The van der Waals surface area contributed by atoms with E-state index in [4.69, 9.17) is 16.3 Å². The number of nitrogens with one attached hydrogen (secondary N) is 1. The minimum Gasteiger partial charge on any atom is -0.487 e. The van der Waals surface area contributed by atoms with E-state index in [-0.39, 0.29) is 29.0 Å². The van der Waals surface area contributed by atoms with Crippen LogP contribution in [0.5, 0.6) is 5.75 Å². The van der Waals surface area contributed by atoms with Gasteiger partial charge < -0.3 is 14.8 Å². The zero-order valence-electron chi connectivity index (χ0n) is 17.8. The van der Waals surface area contributed by atoms with Crippen LogP contribution >= 0.6 is 11.6 Å². The second kappa shape index (κ2) is 11.4. The van der Waals surface area contributed by atoms with Crippen LogP contribution in [0.25, 0.3) is 10.9 Å². The molecule has 174 valence electrons. The first-order valence-electron chi connectivity index (χ1n) is 10.2. The van der Waals surface area contributed by atoms with E-state index in [1.807, 2.05) is 0 Å². The lowest BCUT2D eigenvalue weighted by atomic mass is 10.1. The molecule has 0 saturated heterocycles. The van der Waals surface area contributed by atoms with E-state index < -0.39 is 10.7 Å². The molecule has 1 N–H and O–H groups in total. The van der Waals surface area contributed by atoms with Gasteiger partial charge in [-0.2, -0.15) is 0 Å². The summed E-state index contributed by atoms with van der Waals surface area (Å²) in [5.41, 5.74) is 0.694. The van der Waals surface area contributed by atoms with Crippen molar-refractivity contribution in [2.75, 3.05) is 19.0 Å². The summed E-state index contributed by atoms with van der Waals surface area (Å²) in [5.74, 6) is -0.383. The van der Waals surface area contributed by atoms with E-state index in [0.717, 1.165) is 19.3 Å². The Bertz CT molecular complexity index is 1160. The number of carbonyl (C=O) groups excluding carboxylic acids is 1. The van der Waals surface area contributed by atoms with E-state index in [9.17, 15) is 19.3 Å². The number of nitro groups is 1. The first kappa shape index (κ1) is 24.1. The maximum absolute atomic E-state index is 13.4. The highest BCUT2D eigenvalue weighted by molar-refractivity contribution is 6.31. The summed E-state index contributed by atoms with van der Waals surface area (Å²) >= 11 is 5.82. The van der Waals surface area contributed by atoms with Crippen molar-refractivity contribution in [1.29, 1.82) is 0 Å². The number of methoxy groups -OCH3 is 1. The van der Waals surface area contributed by atoms with Crippen molar-refractivity contribution in [3.63, 3.8) is 0 Å². The Hall–Kier alpha value is -3.53. The van der Waals surface area contributed by atoms with E-state index in [2.05, 4.69) is 20.0 Å². The van der Waals surface area contributed by atoms with Crippen LogP contribution in [-0.2, 0) is 9.53 Å². The highest BCUT2D eigenvalue weighted by Gasteiger charge is 2.19. The van der Waals surface area contributed by atoms with Crippen LogP contribution in [0.15, 0.2) is 36.7 Å². The molecule has 0 atom stereocenters. The number of esters is 1. The molecule has 0 bridgehead atoms. The quantitative estimate of drug-likeness (QED) is 0.165. The Morgan fingerprint density at radius 2 is 1.97 bits per heavy atom. The normalized spacial score (nSPS) is 10.8. The van der Waals surface area contributed by atoms with Gasteiger partial charge in [-0.05, 0) is 31.0 Å². The predicted octanol–water partition coefficient (Wildman–Crippen LogP) is 5.58. The minimum atomic E-state index is -0.560. The van der Waals surface area contributed by atoms with Gasteiger partial charge in [0.2, 0.25) is 0 Å². The highest BCUT2D eigenvalue weighted by Crippen LogP contribution is 2.35. The lowest BCUT2D eigenvalue weighted by molar-refractivity contribution is -0.385. The topological polar surface area (TPSA) is 116 Å². The van der Waals surface area contributed by atoms with Gasteiger partial charge in [0.25, 0.3) is 0 Å². The monoisotopic (exact) mass is 476 g/mol. The Labute approximate surface area is 194 Å². The number of ether oxygens (including phenoxy) is 2. The predicted molar refractivity (Wildman–Crippen MR) is 121 cm³/mol. The Morgan fingerprint density at radius 3 is 2.70 bits per heavy atom. The fourth-order valence-corrected chi connectivity index (χ4v) is 3.33. The maximum atomic E-state index is 13.4. The maximum Gasteiger partial charge on any atom is 0.311 e. The van der Waals surface area contributed by atoms with Crippen molar-refractivity contribution in [2.24, 2.45) is 0 Å². The number of rotatable bonds is 11. The molecule has 1 heterocycles. The van der Waals surface area contributed by atoms with Crippen molar-refractivity contribution < 1.29 is 23.6 Å². The summed E-state index contributed by atoms with van der Waals surface area (Å²) in [6.45, 7) is 0.287. The van der Waals surface area contributed by atoms with Crippen LogP contribution in [0, 0.1) is 15.9 Å². The number of carbonyl (C=O) groups is 1. The van der Waals surface area contributed by atoms with Crippen molar-refractivity contribution in [3.8, 4) is 5.75 Å². The van der Waals surface area contributed by atoms with E-state index in [1.54, 1.807) is 0 Å². The summed E-state index contributed by atoms with van der Waals surface area (Å²) in [4.78, 5) is 30.6. The zero-order chi connectivity index (χ0) is 23.8. The Morgan fingerprint density at radius 1 is 1.18 bits per heavy atom. The number of nitro benzene ring substituents is 1. The van der Waals surface area contributed by atoms with Gasteiger partial charge in [0.15, 0.2) is 5.75 Å². The number of anilines is 2. The molecule has 0 spiro atoms. The number of hydrogen-bond acceptors (Lipinski definition) is 8. The fraction of sp³-hybridized carbons (Fsp3) is 0.318. The van der Waals surface area contributed by atoms with Crippen LogP contribution in [0.1, 0.15) is 32.1 Å². The second-order valence-electron chi connectivity index (χ2n) is 7.16. The van der Waals surface area contributed by atoms with Gasteiger partial charge in [-0.15, -0.1) is 0 Å². The summed E-state index contributed by atoms with van der Waals surface area (Å²) in [7, 11) is 1.36. The molecule has 3 aromatic rings. The SMILES string of the molecule is COC(=O)CCCCCCOc1cc2ncnc(Nc3ccc(F)c(Cl)c3)c2cc1[N+](=O)[O-]. The Balaban J connectivity index is 1.72. The minimum absolute atomic E-state index is 0.0645. The van der Waals surface area contributed by atoms with Gasteiger partial charge in [0, 0.05) is 24.2 Å². The largest absolute Gasteiger partial charge is 0.487 e. The number of aromatic nitrogens is 2. The van der Waals surface area contributed by atoms with Crippen LogP contribution in [0.2, 0.25) is 5.02 Å². The number of nitrogens with zero attached hydrogens (tertiary/aromatic N) is 3. The van der Waals surface area contributed by atoms with Gasteiger partial charge in [0.05, 0.1) is 34.6 Å². The summed E-state index contributed by atoms with van der Waals surface area (Å²) in [5, 5.41) is 15.0. The first-order chi connectivity index (χ1) is 15.9. The second-order valence-corrected chi connectivity index (χ2v) is 7.57. The zero-order valence-corrected chi connectivity index (χ0v) is 18.6. The summed E-state index contributed by atoms with van der Waals surface area (Å²) in [6.07, 6.45) is 4.72. The summed E-state index contributed by atoms with van der Waals surface area (Å²) < 4.78 is 23.7. The van der Waals surface area contributed by atoms with Crippen LogP contribution in [0.4, 0.5) is 21.6 Å². The van der Waals surface area contributed by atoms with Gasteiger partial charge in [-0.1, -0.05) is 24.4 Å². The molecule has 1 aromatic heterocycles. The van der Waals surface area contributed by atoms with Gasteiger partial charge in [-0.3, -0.25) is 14.9 Å². The van der Waals surface area contributed by atoms with Gasteiger partial charge in [-0.25, -0.2) is 14.4 Å². The van der Waals surface area contributed by atoms with Gasteiger partial charge >= 0.3 is 11.7 Å². The van der Waals surface area contributed by atoms with Crippen molar-refractivity contribution in [3.05, 3.63) is 57.6 Å². The average Bonchev–Trinajstić information content (AvgIpc) is 2.80. The van der Waals surface area contributed by atoms with Gasteiger partial charge in [0.1, 0.15) is 18.0 Å². The molecule has 0 fully saturated rings. The Kier molecular flexibility index (Phi) is 8.31. The van der Waals surface area contributed by atoms with Crippen molar-refractivity contribution in [2.45, 2.75) is 32.1 Å². The molecule has 0 unspecified atom stereocenters. The molecule has 0 aliphatic carbocycles. The molecule has 2 aromatic carbocycles. The molecular weight excluding hydrogens is 455 g/mol. The highest BCUT2D eigenvalue weighted by atomic mass is 35.5. The van der Waals surface area contributed by atoms with E-state index in [0.29, 0.717) is 35.2 Å². The number of fused-ring (bicyclic) bond motifs is 1. The van der Waals surface area contributed by atoms with Crippen LogP contribution in [0.3, 0.4) is 0 Å². The third-order valence-corrected chi connectivity index (χ3v) is 5.15. The third-order valence-electron chi connectivity index (χ3n) is 4.86. The van der Waals surface area contributed by atoms with Crippen molar-refractivity contribution in [1.82, 2.24) is 9.97 Å². The molecule has 33 heavy (non-hydrogen) atoms. The number of benzene rings is 2. The summed E-state index contributed by atoms with van der Waals surface area (Å²) in [6, 6.07) is 6.91. The molecular formula is C22H22ClFN4O5. The number of unbranched alkanes of at least 4 members (excludes halogenated alkanes) is 3. The van der Waals surface area contributed by atoms with Crippen LogP contribution < -0.4 is 10.1 Å². The van der Waals surface area contributed by atoms with Crippen LogP contribution in [-0.4, -0.2) is 34.6 Å². The molecule has 0 saturated carbocycles. The number of hydrogen-bond donors (Lipinski definition) is 1. The van der Waals surface area contributed by atoms with Crippen molar-refractivity contribution >= 4 is 45.7 Å².